The Bertz CT molecular complexity index is 1300. The number of hydrogen-bond donors (Lipinski definition) is 1. The number of fused-ring (bicyclic) bond motifs is 3. The average Bonchev–Trinajstić information content (AvgIpc) is 3.47. The molecule has 5 rings (SSSR count). The average molecular weight is 551 g/mol. The lowest BCUT2D eigenvalue weighted by Gasteiger charge is -2.49. The van der Waals surface area contributed by atoms with Gasteiger partial charge in [0.2, 0.25) is 0 Å². The van der Waals surface area contributed by atoms with Crippen LogP contribution < -0.4 is 9.64 Å². The normalized spacial score (nSPS) is 20.6. The molecule has 38 heavy (non-hydrogen) atoms. The van der Waals surface area contributed by atoms with E-state index < -0.39 is 17.3 Å². The van der Waals surface area contributed by atoms with Crippen LogP contribution in [0.3, 0.4) is 0 Å². The molecule has 2 unspecified atom stereocenters. The number of hydrogen-bond acceptors (Lipinski definition) is 9. The Hall–Kier alpha value is -2.99. The van der Waals surface area contributed by atoms with Crippen LogP contribution >= 0.6 is 11.3 Å². The number of anilines is 1. The number of piperidine rings is 1. The fraction of sp³-hybridized carbons (Fsp3) is 0.577. The Morgan fingerprint density at radius 2 is 1.84 bits per heavy atom. The topological polar surface area (TPSA) is 101 Å². The van der Waals surface area contributed by atoms with Crippen molar-refractivity contribution in [3.63, 3.8) is 0 Å². The molecule has 2 aromatic heterocycles. The number of halogens is 2. The zero-order valence-corrected chi connectivity index (χ0v) is 22.8. The van der Waals surface area contributed by atoms with E-state index in [2.05, 4.69) is 4.98 Å². The second-order valence-electron chi connectivity index (χ2n) is 11.3. The van der Waals surface area contributed by atoms with Crippen molar-refractivity contribution in [2.45, 2.75) is 83.3 Å². The number of ether oxygens (including phenoxy) is 2. The second kappa shape index (κ2) is 9.33. The van der Waals surface area contributed by atoms with E-state index in [1.807, 2.05) is 36.0 Å². The van der Waals surface area contributed by atoms with Crippen LogP contribution in [0.1, 0.15) is 53.9 Å². The summed E-state index contributed by atoms with van der Waals surface area (Å²) in [6.45, 7) is 8.41. The van der Waals surface area contributed by atoms with Gasteiger partial charge in [0.25, 0.3) is 6.01 Å². The molecular formula is C26H32F2N4O5S. The van der Waals surface area contributed by atoms with Crippen LogP contribution in [0.5, 0.6) is 5.75 Å². The number of aromatic nitrogens is 2. The molecule has 1 amide bonds. The summed E-state index contributed by atoms with van der Waals surface area (Å²) in [6, 6.07) is 3.05. The molecule has 2 fully saturated rings. The van der Waals surface area contributed by atoms with Gasteiger partial charge in [0.15, 0.2) is 16.9 Å². The molecule has 1 aromatic carbocycles. The summed E-state index contributed by atoms with van der Waals surface area (Å²) in [6.07, 6.45) is 0.0443. The van der Waals surface area contributed by atoms with Crippen molar-refractivity contribution in [3.8, 4) is 16.3 Å². The first-order valence-electron chi connectivity index (χ1n) is 12.6. The molecule has 2 bridgehead atoms. The summed E-state index contributed by atoms with van der Waals surface area (Å²) >= 11 is 1.39. The predicted molar refractivity (Wildman–Crippen MR) is 139 cm³/mol. The molecule has 206 valence electrons. The van der Waals surface area contributed by atoms with Crippen LogP contribution in [-0.4, -0.2) is 68.6 Å². The second-order valence-corrected chi connectivity index (χ2v) is 12.2. The van der Waals surface area contributed by atoms with E-state index in [0.717, 1.165) is 33.1 Å². The lowest BCUT2D eigenvalue weighted by molar-refractivity contribution is -0.275. The zero-order chi connectivity index (χ0) is 27.5. The van der Waals surface area contributed by atoms with E-state index in [-0.39, 0.29) is 35.5 Å². The molecule has 4 heterocycles. The van der Waals surface area contributed by atoms with Gasteiger partial charge in [-0.05, 0) is 66.0 Å². The summed E-state index contributed by atoms with van der Waals surface area (Å²) in [7, 11) is 0. The zero-order valence-electron chi connectivity index (χ0n) is 22.0. The first kappa shape index (κ1) is 26.6. The SMILES string of the molecule is CC(C)(C)OC(=O)N1C2CCCC1CN(c1nc3c(-c4nccs4)ccc(OC(F)(F)C(C)(C)O)c3o1)C2. The number of piperazine rings is 1. The van der Waals surface area contributed by atoms with Gasteiger partial charge in [-0.15, -0.1) is 11.3 Å². The van der Waals surface area contributed by atoms with E-state index in [4.69, 9.17) is 18.9 Å². The number of aliphatic hydroxyl groups is 1. The number of amides is 1. The van der Waals surface area contributed by atoms with Crippen LogP contribution in [0, 0.1) is 0 Å². The minimum absolute atomic E-state index is 0.0383. The number of thiazole rings is 1. The minimum Gasteiger partial charge on any atom is -0.444 e. The fourth-order valence-electron chi connectivity index (χ4n) is 4.86. The first-order valence-corrected chi connectivity index (χ1v) is 13.5. The highest BCUT2D eigenvalue weighted by atomic mass is 32.1. The highest BCUT2D eigenvalue weighted by Crippen LogP contribution is 2.42. The van der Waals surface area contributed by atoms with Gasteiger partial charge in [-0.2, -0.15) is 13.8 Å². The molecule has 0 spiro atoms. The van der Waals surface area contributed by atoms with Crippen molar-refractivity contribution < 1.29 is 32.6 Å². The molecule has 2 aliphatic heterocycles. The van der Waals surface area contributed by atoms with Crippen LogP contribution in [-0.2, 0) is 4.74 Å². The van der Waals surface area contributed by atoms with Gasteiger partial charge in [0.05, 0.1) is 12.1 Å². The smallest absolute Gasteiger partial charge is 0.426 e. The number of alkyl halides is 2. The third-order valence-electron chi connectivity index (χ3n) is 6.71. The standard InChI is InChI=1S/C26H32F2N4O5S/c1-24(2,3)37-23(33)32-15-7-6-8-16(32)14-31(13-15)22-30-19-17(21-29-11-12-38-21)9-10-18(20(19)35-22)36-26(27,28)25(4,5)34/h9-12,15-16,34H,6-8,13-14H2,1-5H3. The number of nitrogens with zero attached hydrogens (tertiary/aromatic N) is 4. The predicted octanol–water partition coefficient (Wildman–Crippen LogP) is 5.67. The van der Waals surface area contributed by atoms with Crippen LogP contribution in [0.2, 0.25) is 0 Å². The van der Waals surface area contributed by atoms with Crippen molar-refractivity contribution in [2.24, 2.45) is 0 Å². The lowest BCUT2D eigenvalue weighted by Crippen LogP contribution is -2.63. The maximum Gasteiger partial charge on any atom is 0.426 e. The quantitative estimate of drug-likeness (QED) is 0.434. The number of benzene rings is 1. The maximum atomic E-state index is 14.7. The van der Waals surface area contributed by atoms with Gasteiger partial charge < -0.3 is 23.9 Å². The third-order valence-corrected chi connectivity index (χ3v) is 7.51. The molecule has 0 saturated carbocycles. The molecule has 9 nitrogen and oxygen atoms in total. The fourth-order valence-corrected chi connectivity index (χ4v) is 5.52. The Balaban J connectivity index is 1.50. The van der Waals surface area contributed by atoms with Crippen LogP contribution in [0.25, 0.3) is 21.7 Å². The van der Waals surface area contributed by atoms with Gasteiger partial charge in [-0.1, -0.05) is 0 Å². The van der Waals surface area contributed by atoms with Crippen molar-refractivity contribution in [1.29, 1.82) is 0 Å². The van der Waals surface area contributed by atoms with Crippen LogP contribution in [0.4, 0.5) is 19.6 Å². The van der Waals surface area contributed by atoms with Crippen molar-refractivity contribution in [1.82, 2.24) is 14.9 Å². The van der Waals surface area contributed by atoms with E-state index in [1.165, 1.54) is 17.4 Å². The number of oxazole rings is 1. The molecule has 2 saturated heterocycles. The molecule has 3 aromatic rings. The monoisotopic (exact) mass is 550 g/mol. The molecular weight excluding hydrogens is 518 g/mol. The van der Waals surface area contributed by atoms with Crippen molar-refractivity contribution in [3.05, 3.63) is 23.7 Å². The van der Waals surface area contributed by atoms with Gasteiger partial charge in [-0.3, -0.25) is 4.90 Å². The molecule has 0 radical (unpaired) electrons. The van der Waals surface area contributed by atoms with Crippen LogP contribution in [0.15, 0.2) is 28.1 Å². The van der Waals surface area contributed by atoms with E-state index in [0.29, 0.717) is 29.2 Å². The molecule has 12 heteroatoms. The highest BCUT2D eigenvalue weighted by molar-refractivity contribution is 7.13. The summed E-state index contributed by atoms with van der Waals surface area (Å²) < 4.78 is 46.1. The highest BCUT2D eigenvalue weighted by Gasteiger charge is 2.49. The van der Waals surface area contributed by atoms with Gasteiger partial charge in [0, 0.05) is 30.2 Å². The molecule has 2 atom stereocenters. The Morgan fingerprint density at radius 1 is 1.16 bits per heavy atom. The molecule has 1 N–H and O–H groups in total. The first-order chi connectivity index (χ1) is 17.7. The van der Waals surface area contributed by atoms with Gasteiger partial charge >= 0.3 is 12.2 Å². The third kappa shape index (κ3) is 5.03. The summed E-state index contributed by atoms with van der Waals surface area (Å²) in [4.78, 5) is 25.8. The largest absolute Gasteiger partial charge is 0.444 e. The number of rotatable bonds is 5. The Kier molecular flexibility index (Phi) is 6.54. The van der Waals surface area contributed by atoms with Gasteiger partial charge in [-0.25, -0.2) is 9.78 Å². The molecule has 2 aliphatic rings. The Labute approximate surface area is 223 Å². The number of carbonyl (C=O) groups excluding carboxylic acids is 1. The lowest BCUT2D eigenvalue weighted by atomic mass is 9.92. The van der Waals surface area contributed by atoms with E-state index in [1.54, 1.807) is 12.3 Å². The number of carbonyl (C=O) groups is 1. The van der Waals surface area contributed by atoms with Gasteiger partial charge in [0.1, 0.15) is 16.1 Å². The Morgan fingerprint density at radius 3 is 2.42 bits per heavy atom. The summed E-state index contributed by atoms with van der Waals surface area (Å²) in [5.41, 5.74) is -2.03. The van der Waals surface area contributed by atoms with E-state index in [9.17, 15) is 18.7 Å². The molecule has 0 aliphatic carbocycles. The minimum atomic E-state index is -3.88. The van der Waals surface area contributed by atoms with Crippen molar-refractivity contribution >= 4 is 34.5 Å². The van der Waals surface area contributed by atoms with E-state index >= 15 is 0 Å². The summed E-state index contributed by atoms with van der Waals surface area (Å²) in [5.74, 6) is -0.237. The van der Waals surface area contributed by atoms with Crippen molar-refractivity contribution in [2.75, 3.05) is 18.0 Å². The maximum absolute atomic E-state index is 14.7. The summed E-state index contributed by atoms with van der Waals surface area (Å²) in [5, 5.41) is 12.4.